The van der Waals surface area contributed by atoms with Crippen LogP contribution in [-0.4, -0.2) is 38.6 Å². The first kappa shape index (κ1) is 23.0. The summed E-state index contributed by atoms with van der Waals surface area (Å²) in [6.07, 6.45) is 3.00. The number of hydrogen-bond acceptors (Lipinski definition) is 5. The first-order chi connectivity index (χ1) is 12.6. The molecule has 8 heteroatoms. The first-order valence-electron chi connectivity index (χ1n) is 9.13. The molecular formula is C19H30ClN3O4. The minimum atomic E-state index is -0.183. The number of rotatable bonds is 9. The van der Waals surface area contributed by atoms with Gasteiger partial charge < -0.3 is 25.8 Å². The molecule has 2 atom stereocenters. The molecule has 0 radical (unpaired) electrons. The van der Waals surface area contributed by atoms with Crippen LogP contribution in [0.15, 0.2) is 18.2 Å². The van der Waals surface area contributed by atoms with Gasteiger partial charge in [-0.2, -0.15) is 0 Å². The van der Waals surface area contributed by atoms with E-state index in [9.17, 15) is 9.59 Å². The number of hydrogen-bond donors (Lipinski definition) is 3. The summed E-state index contributed by atoms with van der Waals surface area (Å²) in [6.45, 7) is 3.32. The fourth-order valence-corrected chi connectivity index (χ4v) is 3.32. The number of likely N-dealkylation sites (N-methyl/N-ethyl adjacent to an activating group) is 1. The van der Waals surface area contributed by atoms with E-state index < -0.39 is 0 Å². The smallest absolute Gasteiger partial charge is 0.257 e. The average molecular weight is 400 g/mol. The van der Waals surface area contributed by atoms with Gasteiger partial charge in [0, 0.05) is 19.0 Å². The summed E-state index contributed by atoms with van der Waals surface area (Å²) in [6, 6.07) is 5.41. The van der Waals surface area contributed by atoms with Crippen LogP contribution in [0.2, 0.25) is 0 Å². The third kappa shape index (κ3) is 6.59. The lowest BCUT2D eigenvalue weighted by atomic mass is 9.95. The van der Waals surface area contributed by atoms with Crippen LogP contribution in [0.4, 0.5) is 0 Å². The fourth-order valence-electron chi connectivity index (χ4n) is 3.32. The lowest BCUT2D eigenvalue weighted by molar-refractivity contribution is -0.126. The number of carbonyl (C=O) groups excluding carboxylic acids is 2. The highest BCUT2D eigenvalue weighted by Gasteiger charge is 2.31. The summed E-state index contributed by atoms with van der Waals surface area (Å²) >= 11 is 0. The van der Waals surface area contributed by atoms with Crippen molar-refractivity contribution in [3.8, 4) is 11.5 Å². The Balaban J connectivity index is 0.00000364. The lowest BCUT2D eigenvalue weighted by Crippen LogP contribution is -2.34. The molecule has 7 nitrogen and oxygen atoms in total. The zero-order valence-electron chi connectivity index (χ0n) is 16.0. The third-order valence-corrected chi connectivity index (χ3v) is 4.73. The quantitative estimate of drug-likeness (QED) is 0.585. The van der Waals surface area contributed by atoms with E-state index in [1.165, 1.54) is 0 Å². The number of nitrogens with two attached hydrogens (primary N) is 1. The van der Waals surface area contributed by atoms with E-state index in [0.717, 1.165) is 24.8 Å². The van der Waals surface area contributed by atoms with Gasteiger partial charge in [-0.15, -0.1) is 12.4 Å². The van der Waals surface area contributed by atoms with Crippen LogP contribution in [0.5, 0.6) is 11.5 Å². The molecule has 1 aliphatic rings. The SMILES string of the molecule is CCNC(=O)COc1ccc(CNC(=O)[C@@H]2CCC[C@@H]2CN)cc1OC.Cl. The molecule has 27 heavy (non-hydrogen) atoms. The van der Waals surface area contributed by atoms with Crippen molar-refractivity contribution in [1.82, 2.24) is 10.6 Å². The van der Waals surface area contributed by atoms with Gasteiger partial charge >= 0.3 is 0 Å². The maximum Gasteiger partial charge on any atom is 0.257 e. The molecule has 1 aromatic rings. The van der Waals surface area contributed by atoms with E-state index in [1.807, 2.05) is 19.1 Å². The molecular weight excluding hydrogens is 370 g/mol. The highest BCUT2D eigenvalue weighted by atomic mass is 35.5. The van der Waals surface area contributed by atoms with E-state index in [2.05, 4.69) is 10.6 Å². The second-order valence-corrected chi connectivity index (χ2v) is 6.48. The van der Waals surface area contributed by atoms with Crippen molar-refractivity contribution >= 4 is 24.2 Å². The molecule has 1 saturated carbocycles. The van der Waals surface area contributed by atoms with Gasteiger partial charge in [0.2, 0.25) is 5.91 Å². The number of benzene rings is 1. The van der Waals surface area contributed by atoms with Crippen molar-refractivity contribution in [1.29, 1.82) is 0 Å². The normalized spacial score (nSPS) is 18.3. The van der Waals surface area contributed by atoms with Gasteiger partial charge in [-0.1, -0.05) is 12.5 Å². The van der Waals surface area contributed by atoms with Crippen molar-refractivity contribution in [2.24, 2.45) is 17.6 Å². The second-order valence-electron chi connectivity index (χ2n) is 6.48. The largest absolute Gasteiger partial charge is 0.493 e. The molecule has 152 valence electrons. The maximum atomic E-state index is 12.4. The van der Waals surface area contributed by atoms with Gasteiger partial charge in [0.15, 0.2) is 18.1 Å². The number of nitrogens with one attached hydrogen (secondary N) is 2. The molecule has 2 amide bonds. The van der Waals surface area contributed by atoms with Crippen LogP contribution < -0.4 is 25.8 Å². The molecule has 0 aromatic heterocycles. The molecule has 0 heterocycles. The summed E-state index contributed by atoms with van der Waals surface area (Å²) in [5.41, 5.74) is 6.66. The Hall–Kier alpha value is -1.99. The molecule has 4 N–H and O–H groups in total. The molecule has 0 aliphatic heterocycles. The van der Waals surface area contributed by atoms with Gasteiger partial charge in [0.1, 0.15) is 0 Å². The predicted molar refractivity (Wildman–Crippen MR) is 106 cm³/mol. The highest BCUT2D eigenvalue weighted by molar-refractivity contribution is 5.85. The van der Waals surface area contributed by atoms with Gasteiger partial charge in [0.05, 0.1) is 7.11 Å². The lowest BCUT2D eigenvalue weighted by Gasteiger charge is -2.18. The van der Waals surface area contributed by atoms with E-state index >= 15 is 0 Å². The minimum absolute atomic E-state index is 0. The zero-order chi connectivity index (χ0) is 18.9. The Kier molecular flexibility index (Phi) is 9.96. The first-order valence-corrected chi connectivity index (χ1v) is 9.13. The Labute approximate surface area is 166 Å². The molecule has 0 saturated heterocycles. The predicted octanol–water partition coefficient (Wildman–Crippen LogP) is 1.62. The number of ether oxygens (including phenoxy) is 2. The van der Waals surface area contributed by atoms with E-state index in [0.29, 0.717) is 31.1 Å². The molecule has 2 rings (SSSR count). The maximum absolute atomic E-state index is 12.4. The van der Waals surface area contributed by atoms with Crippen LogP contribution >= 0.6 is 12.4 Å². The number of carbonyl (C=O) groups is 2. The summed E-state index contributed by atoms with van der Waals surface area (Å²) in [4.78, 5) is 23.9. The Morgan fingerprint density at radius 3 is 2.67 bits per heavy atom. The van der Waals surface area contributed by atoms with Crippen LogP contribution in [0.3, 0.4) is 0 Å². The van der Waals surface area contributed by atoms with Crippen molar-refractivity contribution in [3.63, 3.8) is 0 Å². The van der Waals surface area contributed by atoms with E-state index in [1.54, 1.807) is 13.2 Å². The van der Waals surface area contributed by atoms with E-state index in [-0.39, 0.29) is 42.7 Å². The van der Waals surface area contributed by atoms with Crippen LogP contribution in [0.1, 0.15) is 31.7 Å². The molecule has 1 aromatic carbocycles. The fraction of sp³-hybridized carbons (Fsp3) is 0.579. The monoisotopic (exact) mass is 399 g/mol. The minimum Gasteiger partial charge on any atom is -0.493 e. The van der Waals surface area contributed by atoms with Gasteiger partial charge in [-0.3, -0.25) is 9.59 Å². The zero-order valence-corrected chi connectivity index (χ0v) is 16.8. The van der Waals surface area contributed by atoms with Crippen molar-refractivity contribution in [2.45, 2.75) is 32.7 Å². The molecule has 0 unspecified atom stereocenters. The van der Waals surface area contributed by atoms with Crippen LogP contribution in [0.25, 0.3) is 0 Å². The second kappa shape index (κ2) is 11.7. The van der Waals surface area contributed by atoms with Gasteiger partial charge in [-0.05, 0) is 49.9 Å². The highest BCUT2D eigenvalue weighted by Crippen LogP contribution is 2.31. The molecule has 1 fully saturated rings. The number of halogens is 1. The Morgan fingerprint density at radius 2 is 2.00 bits per heavy atom. The summed E-state index contributed by atoms with van der Waals surface area (Å²) < 4.78 is 10.8. The van der Waals surface area contributed by atoms with Gasteiger partial charge in [-0.25, -0.2) is 0 Å². The summed E-state index contributed by atoms with van der Waals surface area (Å²) in [5, 5.41) is 5.66. The Bertz CT molecular complexity index is 627. The van der Waals surface area contributed by atoms with Crippen molar-refractivity contribution in [2.75, 3.05) is 26.8 Å². The van der Waals surface area contributed by atoms with Crippen molar-refractivity contribution < 1.29 is 19.1 Å². The standard InChI is InChI=1S/C19H29N3O4.ClH/c1-3-21-18(23)12-26-16-8-7-13(9-17(16)25-2)11-22-19(24)15-6-4-5-14(15)10-20;/h7-9,14-15H,3-6,10-12,20H2,1-2H3,(H,21,23)(H,22,24);1H/t14-,15-;/m1./s1. The number of amides is 2. The molecule has 1 aliphatic carbocycles. The van der Waals surface area contributed by atoms with Crippen molar-refractivity contribution in [3.05, 3.63) is 23.8 Å². The average Bonchev–Trinajstić information content (AvgIpc) is 3.13. The van der Waals surface area contributed by atoms with E-state index in [4.69, 9.17) is 15.2 Å². The number of methoxy groups -OCH3 is 1. The van der Waals surface area contributed by atoms with Crippen LogP contribution in [-0.2, 0) is 16.1 Å². The Morgan fingerprint density at radius 1 is 1.22 bits per heavy atom. The third-order valence-electron chi connectivity index (χ3n) is 4.73. The summed E-state index contributed by atoms with van der Waals surface area (Å²) in [7, 11) is 1.54. The van der Waals surface area contributed by atoms with Crippen LogP contribution in [0, 0.1) is 11.8 Å². The van der Waals surface area contributed by atoms with Gasteiger partial charge in [0.25, 0.3) is 5.91 Å². The summed E-state index contributed by atoms with van der Waals surface area (Å²) in [5.74, 6) is 1.20. The molecule has 0 bridgehead atoms. The molecule has 0 spiro atoms. The topological polar surface area (TPSA) is 103 Å².